The Labute approximate surface area is 127 Å². The zero-order valence-electron chi connectivity index (χ0n) is 13.3. The minimum absolute atomic E-state index is 0.127. The fraction of sp³-hybridized carbons (Fsp3) is 0.588. The van der Waals surface area contributed by atoms with Gasteiger partial charge in [-0.05, 0) is 48.9 Å². The van der Waals surface area contributed by atoms with Gasteiger partial charge in [0.15, 0.2) is 0 Å². The summed E-state index contributed by atoms with van der Waals surface area (Å²) < 4.78 is 12.8. The lowest BCUT2D eigenvalue weighted by molar-refractivity contribution is -0.130. The van der Waals surface area contributed by atoms with Crippen LogP contribution < -0.4 is 5.73 Å². The summed E-state index contributed by atoms with van der Waals surface area (Å²) in [6.07, 6.45) is 2.38. The molecular formula is C17H27FN2O. The summed E-state index contributed by atoms with van der Waals surface area (Å²) in [7, 11) is 1.79. The van der Waals surface area contributed by atoms with Crippen LogP contribution in [0.2, 0.25) is 0 Å². The Morgan fingerprint density at radius 2 is 1.86 bits per heavy atom. The third-order valence-electron chi connectivity index (χ3n) is 3.97. The molecular weight excluding hydrogens is 267 g/mol. The van der Waals surface area contributed by atoms with E-state index in [1.54, 1.807) is 24.1 Å². The van der Waals surface area contributed by atoms with Gasteiger partial charge in [0.2, 0.25) is 5.91 Å². The van der Waals surface area contributed by atoms with E-state index in [9.17, 15) is 9.18 Å². The van der Waals surface area contributed by atoms with Crippen LogP contribution in [0.25, 0.3) is 0 Å². The molecule has 1 aromatic carbocycles. The van der Waals surface area contributed by atoms with E-state index in [1.807, 2.05) is 0 Å². The first-order chi connectivity index (χ1) is 9.93. The van der Waals surface area contributed by atoms with Crippen molar-refractivity contribution in [3.8, 4) is 0 Å². The number of hydrogen-bond donors (Lipinski definition) is 1. The minimum atomic E-state index is -0.255. The second-order valence-corrected chi connectivity index (χ2v) is 6.00. The summed E-state index contributed by atoms with van der Waals surface area (Å²) in [6.45, 7) is 5.53. The highest BCUT2D eigenvalue weighted by atomic mass is 19.1. The van der Waals surface area contributed by atoms with E-state index in [0.717, 1.165) is 18.4 Å². The highest BCUT2D eigenvalue weighted by Gasteiger charge is 2.16. The molecule has 21 heavy (non-hydrogen) atoms. The molecule has 1 rings (SSSR count). The molecule has 0 saturated heterocycles. The Morgan fingerprint density at radius 3 is 2.38 bits per heavy atom. The Balaban J connectivity index is 2.45. The van der Waals surface area contributed by atoms with E-state index in [0.29, 0.717) is 31.3 Å². The van der Waals surface area contributed by atoms with Gasteiger partial charge < -0.3 is 10.6 Å². The number of benzene rings is 1. The molecule has 0 bridgehead atoms. The zero-order chi connectivity index (χ0) is 15.8. The maximum absolute atomic E-state index is 12.8. The first-order valence-electron chi connectivity index (χ1n) is 7.62. The number of nitrogens with zero attached hydrogens (tertiary/aromatic N) is 1. The second kappa shape index (κ2) is 8.78. The maximum atomic E-state index is 12.8. The number of rotatable bonds is 8. The van der Waals surface area contributed by atoms with Gasteiger partial charge in [0.05, 0.1) is 0 Å². The van der Waals surface area contributed by atoms with Crippen molar-refractivity contribution in [2.45, 2.75) is 39.7 Å². The average molecular weight is 294 g/mol. The number of amides is 1. The van der Waals surface area contributed by atoms with Crippen molar-refractivity contribution in [3.05, 3.63) is 35.6 Å². The predicted octanol–water partition coefficient (Wildman–Crippen LogP) is 3.19. The molecule has 2 N–H and O–H groups in total. The zero-order valence-corrected chi connectivity index (χ0v) is 13.3. The van der Waals surface area contributed by atoms with E-state index in [-0.39, 0.29) is 11.7 Å². The number of carbonyl (C=O) groups is 1. The quantitative estimate of drug-likeness (QED) is 0.800. The van der Waals surface area contributed by atoms with Crippen LogP contribution in [-0.2, 0) is 11.3 Å². The molecule has 0 aliphatic heterocycles. The molecule has 1 amide bonds. The van der Waals surface area contributed by atoms with E-state index in [1.165, 1.54) is 12.1 Å². The lowest BCUT2D eigenvalue weighted by Gasteiger charge is -2.22. The molecule has 1 atom stereocenters. The summed E-state index contributed by atoms with van der Waals surface area (Å²) in [4.78, 5) is 13.9. The number of carbonyl (C=O) groups excluding carboxylic acids is 1. The largest absolute Gasteiger partial charge is 0.341 e. The highest BCUT2D eigenvalue weighted by molar-refractivity contribution is 5.75. The fourth-order valence-electron chi connectivity index (χ4n) is 2.48. The standard InChI is InChI=1S/C17H27FN2O/c1-13(2)15(10-11-19)6-9-17(21)20(3)12-14-4-7-16(18)8-5-14/h4-5,7-8,13,15H,6,9-12,19H2,1-3H3. The molecule has 0 aliphatic rings. The fourth-order valence-corrected chi connectivity index (χ4v) is 2.48. The van der Waals surface area contributed by atoms with Crippen LogP contribution in [0.15, 0.2) is 24.3 Å². The molecule has 1 aromatic rings. The van der Waals surface area contributed by atoms with Gasteiger partial charge in [0.1, 0.15) is 5.82 Å². The van der Waals surface area contributed by atoms with Crippen molar-refractivity contribution in [3.63, 3.8) is 0 Å². The average Bonchev–Trinajstić information content (AvgIpc) is 2.45. The Kier molecular flexibility index (Phi) is 7.37. The summed E-state index contributed by atoms with van der Waals surface area (Å²) >= 11 is 0. The molecule has 4 heteroatoms. The summed E-state index contributed by atoms with van der Waals surface area (Å²) in [5.41, 5.74) is 6.56. The SMILES string of the molecule is CC(C)C(CCN)CCC(=O)N(C)Cc1ccc(F)cc1. The molecule has 0 aromatic heterocycles. The van der Waals surface area contributed by atoms with Crippen LogP contribution in [0.4, 0.5) is 4.39 Å². The van der Waals surface area contributed by atoms with Crippen LogP contribution >= 0.6 is 0 Å². The summed E-state index contributed by atoms with van der Waals surface area (Å²) in [6, 6.07) is 6.27. The third-order valence-corrected chi connectivity index (χ3v) is 3.97. The molecule has 0 aliphatic carbocycles. The van der Waals surface area contributed by atoms with Gasteiger partial charge in [-0.1, -0.05) is 26.0 Å². The smallest absolute Gasteiger partial charge is 0.222 e. The maximum Gasteiger partial charge on any atom is 0.222 e. The molecule has 0 radical (unpaired) electrons. The lowest BCUT2D eigenvalue weighted by Crippen LogP contribution is -2.27. The number of hydrogen-bond acceptors (Lipinski definition) is 2. The van der Waals surface area contributed by atoms with Crippen molar-refractivity contribution in [2.75, 3.05) is 13.6 Å². The van der Waals surface area contributed by atoms with Crippen LogP contribution in [0.3, 0.4) is 0 Å². The highest BCUT2D eigenvalue weighted by Crippen LogP contribution is 2.21. The van der Waals surface area contributed by atoms with Crippen molar-refractivity contribution in [2.24, 2.45) is 17.6 Å². The molecule has 0 saturated carbocycles. The van der Waals surface area contributed by atoms with Crippen LogP contribution in [0.1, 0.15) is 38.7 Å². The van der Waals surface area contributed by atoms with Gasteiger partial charge in [-0.2, -0.15) is 0 Å². The topological polar surface area (TPSA) is 46.3 Å². The van der Waals surface area contributed by atoms with Crippen molar-refractivity contribution in [1.82, 2.24) is 4.90 Å². The molecule has 118 valence electrons. The normalized spacial score (nSPS) is 12.5. The Morgan fingerprint density at radius 1 is 1.24 bits per heavy atom. The van der Waals surface area contributed by atoms with Gasteiger partial charge in [0.25, 0.3) is 0 Å². The molecule has 1 unspecified atom stereocenters. The predicted molar refractivity (Wildman–Crippen MR) is 84.1 cm³/mol. The molecule has 0 spiro atoms. The van der Waals surface area contributed by atoms with Gasteiger partial charge >= 0.3 is 0 Å². The van der Waals surface area contributed by atoms with Gasteiger partial charge in [-0.15, -0.1) is 0 Å². The second-order valence-electron chi connectivity index (χ2n) is 6.00. The first-order valence-corrected chi connectivity index (χ1v) is 7.62. The van der Waals surface area contributed by atoms with Crippen molar-refractivity contribution in [1.29, 1.82) is 0 Å². The van der Waals surface area contributed by atoms with E-state index >= 15 is 0 Å². The lowest BCUT2D eigenvalue weighted by atomic mass is 9.88. The van der Waals surface area contributed by atoms with Crippen LogP contribution in [-0.4, -0.2) is 24.4 Å². The van der Waals surface area contributed by atoms with Gasteiger partial charge in [0, 0.05) is 20.0 Å². The Hall–Kier alpha value is -1.42. The van der Waals surface area contributed by atoms with Crippen molar-refractivity contribution < 1.29 is 9.18 Å². The Bertz CT molecular complexity index is 431. The summed E-state index contributed by atoms with van der Waals surface area (Å²) in [5.74, 6) is 0.915. The van der Waals surface area contributed by atoms with E-state index < -0.39 is 0 Å². The van der Waals surface area contributed by atoms with Gasteiger partial charge in [-0.25, -0.2) is 4.39 Å². The van der Waals surface area contributed by atoms with Crippen LogP contribution in [0, 0.1) is 17.7 Å². The van der Waals surface area contributed by atoms with E-state index in [4.69, 9.17) is 5.73 Å². The van der Waals surface area contributed by atoms with E-state index in [2.05, 4.69) is 13.8 Å². The molecule has 3 nitrogen and oxygen atoms in total. The van der Waals surface area contributed by atoms with Crippen molar-refractivity contribution >= 4 is 5.91 Å². The minimum Gasteiger partial charge on any atom is -0.341 e. The molecule has 0 heterocycles. The third kappa shape index (κ3) is 6.25. The summed E-state index contributed by atoms with van der Waals surface area (Å²) in [5, 5.41) is 0. The molecule has 0 fully saturated rings. The monoisotopic (exact) mass is 294 g/mol. The number of nitrogens with two attached hydrogens (primary N) is 1. The number of halogens is 1. The van der Waals surface area contributed by atoms with Gasteiger partial charge in [-0.3, -0.25) is 4.79 Å². The van der Waals surface area contributed by atoms with Crippen LogP contribution in [0.5, 0.6) is 0 Å². The first kappa shape index (κ1) is 17.6.